The van der Waals surface area contributed by atoms with E-state index in [4.69, 9.17) is 4.74 Å². The van der Waals surface area contributed by atoms with E-state index in [1.54, 1.807) is 0 Å². The molecule has 0 spiro atoms. The van der Waals surface area contributed by atoms with Gasteiger partial charge in [-0.1, -0.05) is 0 Å². The summed E-state index contributed by atoms with van der Waals surface area (Å²) in [6, 6.07) is 2.07. The van der Waals surface area contributed by atoms with Crippen LogP contribution in [0.15, 0.2) is 14.3 Å². The number of thiophene rings is 1. The van der Waals surface area contributed by atoms with Gasteiger partial charge >= 0.3 is 0 Å². The number of nitrogens with one attached hydrogen (secondary N) is 1. The van der Waals surface area contributed by atoms with E-state index in [1.165, 1.54) is 11.3 Å². The average molecular weight is 383 g/mol. The van der Waals surface area contributed by atoms with Crippen molar-refractivity contribution in [2.24, 2.45) is 0 Å². The van der Waals surface area contributed by atoms with Crippen molar-refractivity contribution in [3.05, 3.63) is 19.2 Å². The molecular weight excluding hydrogens is 370 g/mol. The van der Waals surface area contributed by atoms with Crippen LogP contribution in [0.4, 0.5) is 0 Å². The fourth-order valence-electron chi connectivity index (χ4n) is 1.84. The molecular formula is C11H13Br2NO2S. The summed E-state index contributed by atoms with van der Waals surface area (Å²) in [6.07, 6.45) is 2.01. The Bertz CT molecular complexity index is 402. The summed E-state index contributed by atoms with van der Waals surface area (Å²) in [5.74, 6) is 0.000463. The van der Waals surface area contributed by atoms with Crippen molar-refractivity contribution in [1.29, 1.82) is 0 Å². The van der Waals surface area contributed by atoms with E-state index < -0.39 is 0 Å². The van der Waals surface area contributed by atoms with E-state index in [-0.39, 0.29) is 18.1 Å². The standard InChI is InChI=1S/C11H13Br2NO2S/c1-6-4-7(2-3-16-6)14-11(15)9-5-8(12)10(13)17-9/h5-7H,2-4H2,1H3,(H,14,15). The number of halogens is 2. The Balaban J connectivity index is 1.96. The summed E-state index contributed by atoms with van der Waals surface area (Å²) in [5, 5.41) is 3.06. The molecule has 0 saturated carbocycles. The van der Waals surface area contributed by atoms with Crippen molar-refractivity contribution in [3.63, 3.8) is 0 Å². The fourth-order valence-corrected chi connectivity index (χ4v) is 3.78. The Kier molecular flexibility index (Phi) is 4.63. The quantitative estimate of drug-likeness (QED) is 0.848. The second-order valence-electron chi connectivity index (χ2n) is 4.11. The molecule has 1 aromatic rings. The summed E-state index contributed by atoms with van der Waals surface area (Å²) < 4.78 is 7.33. The molecule has 1 amide bonds. The van der Waals surface area contributed by atoms with Gasteiger partial charge in [-0.25, -0.2) is 0 Å². The normalized spacial score (nSPS) is 24.6. The predicted molar refractivity (Wildman–Crippen MR) is 75.6 cm³/mol. The second kappa shape index (κ2) is 5.82. The molecule has 2 unspecified atom stereocenters. The molecule has 94 valence electrons. The minimum Gasteiger partial charge on any atom is -0.378 e. The summed E-state index contributed by atoms with van der Waals surface area (Å²) >= 11 is 8.21. The monoisotopic (exact) mass is 381 g/mol. The third-order valence-corrected chi connectivity index (χ3v) is 5.94. The number of hydrogen-bond acceptors (Lipinski definition) is 3. The van der Waals surface area contributed by atoms with Crippen LogP contribution in [0.5, 0.6) is 0 Å². The highest BCUT2D eigenvalue weighted by Gasteiger charge is 2.22. The molecule has 1 saturated heterocycles. The van der Waals surface area contributed by atoms with Gasteiger partial charge in [-0.15, -0.1) is 11.3 Å². The Morgan fingerprint density at radius 3 is 2.94 bits per heavy atom. The molecule has 0 aliphatic carbocycles. The first kappa shape index (κ1) is 13.5. The van der Waals surface area contributed by atoms with Gasteiger partial charge in [-0.2, -0.15) is 0 Å². The van der Waals surface area contributed by atoms with E-state index in [1.807, 2.05) is 13.0 Å². The third-order valence-electron chi connectivity index (χ3n) is 2.69. The zero-order chi connectivity index (χ0) is 12.4. The number of ether oxygens (including phenoxy) is 1. The minimum absolute atomic E-state index is 0.000463. The first-order valence-electron chi connectivity index (χ1n) is 5.43. The maximum Gasteiger partial charge on any atom is 0.261 e. The summed E-state index contributed by atoms with van der Waals surface area (Å²) in [7, 11) is 0. The van der Waals surface area contributed by atoms with E-state index in [9.17, 15) is 4.79 Å². The van der Waals surface area contributed by atoms with Gasteiger partial charge in [0.2, 0.25) is 0 Å². The molecule has 0 bridgehead atoms. The van der Waals surface area contributed by atoms with Crippen LogP contribution in [0.1, 0.15) is 29.4 Å². The van der Waals surface area contributed by atoms with Crippen molar-refractivity contribution in [1.82, 2.24) is 5.32 Å². The van der Waals surface area contributed by atoms with Gasteiger partial charge in [-0.3, -0.25) is 4.79 Å². The van der Waals surface area contributed by atoms with Crippen molar-refractivity contribution in [3.8, 4) is 0 Å². The van der Waals surface area contributed by atoms with E-state index in [0.29, 0.717) is 0 Å². The Morgan fingerprint density at radius 1 is 1.59 bits per heavy atom. The highest BCUT2D eigenvalue weighted by Crippen LogP contribution is 2.32. The van der Waals surface area contributed by atoms with Crippen LogP contribution < -0.4 is 5.32 Å². The van der Waals surface area contributed by atoms with Gasteiger partial charge < -0.3 is 10.1 Å². The van der Waals surface area contributed by atoms with Crippen molar-refractivity contribution >= 4 is 49.1 Å². The highest BCUT2D eigenvalue weighted by atomic mass is 79.9. The minimum atomic E-state index is 0.000463. The highest BCUT2D eigenvalue weighted by molar-refractivity contribution is 9.13. The van der Waals surface area contributed by atoms with Gasteiger partial charge in [0.05, 0.1) is 14.8 Å². The van der Waals surface area contributed by atoms with Crippen LogP contribution in [0, 0.1) is 0 Å². The smallest absolute Gasteiger partial charge is 0.261 e. The van der Waals surface area contributed by atoms with E-state index in [2.05, 4.69) is 37.2 Å². The maximum atomic E-state index is 12.0. The van der Waals surface area contributed by atoms with Crippen molar-refractivity contribution in [2.75, 3.05) is 6.61 Å². The number of hydrogen-bond donors (Lipinski definition) is 1. The molecule has 1 aromatic heterocycles. The summed E-state index contributed by atoms with van der Waals surface area (Å²) in [6.45, 7) is 2.76. The first-order chi connectivity index (χ1) is 8.06. The maximum absolute atomic E-state index is 12.0. The summed E-state index contributed by atoms with van der Waals surface area (Å²) in [4.78, 5) is 12.7. The largest absolute Gasteiger partial charge is 0.378 e. The summed E-state index contributed by atoms with van der Waals surface area (Å²) in [5.41, 5.74) is 0. The van der Waals surface area contributed by atoms with Crippen LogP contribution in [-0.4, -0.2) is 24.7 Å². The molecule has 2 rings (SSSR count). The zero-order valence-electron chi connectivity index (χ0n) is 9.33. The molecule has 1 aliphatic rings. The van der Waals surface area contributed by atoms with Gasteiger partial charge in [0.25, 0.3) is 5.91 Å². The lowest BCUT2D eigenvalue weighted by molar-refractivity contribution is 0.0137. The van der Waals surface area contributed by atoms with Crippen LogP contribution in [0.3, 0.4) is 0 Å². The number of amides is 1. The molecule has 6 heteroatoms. The molecule has 1 aliphatic heterocycles. The van der Waals surface area contributed by atoms with Crippen molar-refractivity contribution in [2.45, 2.75) is 31.9 Å². The number of carbonyl (C=O) groups excluding carboxylic acids is 1. The number of carbonyl (C=O) groups is 1. The topological polar surface area (TPSA) is 38.3 Å². The molecule has 2 atom stereocenters. The van der Waals surface area contributed by atoms with Crippen LogP contribution in [-0.2, 0) is 4.74 Å². The van der Waals surface area contributed by atoms with Gasteiger partial charge in [0.1, 0.15) is 0 Å². The van der Waals surface area contributed by atoms with Crippen molar-refractivity contribution < 1.29 is 9.53 Å². The van der Waals surface area contributed by atoms with Crippen LogP contribution >= 0.6 is 43.2 Å². The molecule has 1 N–H and O–H groups in total. The lowest BCUT2D eigenvalue weighted by atomic mass is 10.0. The molecule has 2 heterocycles. The Labute approximate surface area is 121 Å². The Morgan fingerprint density at radius 2 is 2.35 bits per heavy atom. The van der Waals surface area contributed by atoms with Crippen LogP contribution in [0.2, 0.25) is 0 Å². The number of rotatable bonds is 2. The molecule has 1 fully saturated rings. The lowest BCUT2D eigenvalue weighted by Gasteiger charge is -2.27. The molecule has 3 nitrogen and oxygen atoms in total. The van der Waals surface area contributed by atoms with E-state index >= 15 is 0 Å². The molecule has 0 aromatic carbocycles. The first-order valence-corrected chi connectivity index (χ1v) is 7.84. The lowest BCUT2D eigenvalue weighted by Crippen LogP contribution is -2.41. The van der Waals surface area contributed by atoms with Gasteiger partial charge in [0, 0.05) is 17.1 Å². The fraction of sp³-hybridized carbons (Fsp3) is 0.545. The Hall–Kier alpha value is 0.0900. The van der Waals surface area contributed by atoms with Gasteiger partial charge in [-0.05, 0) is 57.7 Å². The molecule has 0 radical (unpaired) electrons. The average Bonchev–Trinajstić information content (AvgIpc) is 2.59. The molecule has 17 heavy (non-hydrogen) atoms. The van der Waals surface area contributed by atoms with E-state index in [0.717, 1.165) is 32.6 Å². The third kappa shape index (κ3) is 3.53. The zero-order valence-corrected chi connectivity index (χ0v) is 13.3. The van der Waals surface area contributed by atoms with Gasteiger partial charge in [0.15, 0.2) is 0 Å². The van der Waals surface area contributed by atoms with Crippen LogP contribution in [0.25, 0.3) is 0 Å². The second-order valence-corrected chi connectivity index (χ2v) is 7.33. The predicted octanol–water partition coefficient (Wildman–Crippen LogP) is 3.57. The SMILES string of the molecule is CC1CC(NC(=O)c2cc(Br)c(Br)s2)CCO1.